The van der Waals surface area contributed by atoms with Crippen molar-refractivity contribution in [1.29, 1.82) is 0 Å². The van der Waals surface area contributed by atoms with Gasteiger partial charge in [-0.05, 0) is 36.6 Å². The number of fused-ring (bicyclic) bond motifs is 1. The van der Waals surface area contributed by atoms with Crippen LogP contribution in [0.2, 0.25) is 10.0 Å². The van der Waals surface area contributed by atoms with E-state index in [1.807, 2.05) is 18.2 Å². The molecule has 0 spiro atoms. The number of hydrogen-bond acceptors (Lipinski definition) is 4. The van der Waals surface area contributed by atoms with Crippen molar-refractivity contribution in [2.75, 3.05) is 19.5 Å². The molecule has 4 rings (SSSR count). The molecule has 1 aliphatic heterocycles. The van der Waals surface area contributed by atoms with Crippen molar-refractivity contribution >= 4 is 34.7 Å². The third-order valence-corrected chi connectivity index (χ3v) is 5.84. The molecule has 0 unspecified atom stereocenters. The molecular weight excluding hydrogens is 385 g/mol. The summed E-state index contributed by atoms with van der Waals surface area (Å²) in [7, 11) is 3.19. The minimum absolute atomic E-state index is 0.130. The van der Waals surface area contributed by atoms with E-state index in [2.05, 4.69) is 5.32 Å². The van der Waals surface area contributed by atoms with E-state index >= 15 is 0 Å². The van der Waals surface area contributed by atoms with Crippen molar-refractivity contribution < 1.29 is 14.3 Å². The highest BCUT2D eigenvalue weighted by atomic mass is 35.5. The molecule has 6 heteroatoms. The largest absolute Gasteiger partial charge is 0.493 e. The summed E-state index contributed by atoms with van der Waals surface area (Å²) >= 11 is 13.1. The Morgan fingerprint density at radius 2 is 1.70 bits per heavy atom. The number of rotatable bonds is 3. The van der Waals surface area contributed by atoms with E-state index in [0.29, 0.717) is 28.0 Å². The Bertz CT molecular complexity index is 948. The first-order chi connectivity index (χ1) is 13.0. The fourth-order valence-electron chi connectivity index (χ4n) is 3.97. The third-order valence-electron chi connectivity index (χ3n) is 5.19. The molecule has 1 atom stereocenters. The molecule has 4 nitrogen and oxygen atoms in total. The second-order valence-electron chi connectivity index (χ2n) is 6.66. The number of anilines is 1. The monoisotopic (exact) mass is 403 g/mol. The first kappa shape index (κ1) is 18.2. The normalized spacial score (nSPS) is 18.5. The molecule has 2 aromatic rings. The zero-order chi connectivity index (χ0) is 19.1. The van der Waals surface area contributed by atoms with Crippen LogP contribution in [0, 0.1) is 0 Å². The fraction of sp³-hybridized carbons (Fsp3) is 0.286. The molecule has 1 heterocycles. The number of ketones is 1. The zero-order valence-corrected chi connectivity index (χ0v) is 16.6. The van der Waals surface area contributed by atoms with Crippen LogP contribution in [0.3, 0.4) is 0 Å². The summed E-state index contributed by atoms with van der Waals surface area (Å²) in [5, 5.41) is 4.52. The molecule has 1 aliphatic carbocycles. The number of Topliss-reactive ketones (excluding diaryl/α,β-unsaturated/α-hetero) is 1. The average molecular weight is 404 g/mol. The second kappa shape index (κ2) is 7.10. The van der Waals surface area contributed by atoms with Gasteiger partial charge < -0.3 is 14.8 Å². The van der Waals surface area contributed by atoms with Crippen LogP contribution in [0.25, 0.3) is 0 Å². The Balaban J connectivity index is 2.02. The molecule has 27 heavy (non-hydrogen) atoms. The van der Waals surface area contributed by atoms with Crippen LogP contribution in [0.4, 0.5) is 5.69 Å². The van der Waals surface area contributed by atoms with Crippen molar-refractivity contribution in [3.63, 3.8) is 0 Å². The van der Waals surface area contributed by atoms with Gasteiger partial charge in [-0.15, -0.1) is 0 Å². The Hall–Kier alpha value is -2.17. The van der Waals surface area contributed by atoms with Crippen molar-refractivity contribution in [1.82, 2.24) is 0 Å². The summed E-state index contributed by atoms with van der Waals surface area (Å²) in [6.07, 6.45) is 2.17. The molecule has 0 aromatic heterocycles. The maximum atomic E-state index is 12.9. The van der Waals surface area contributed by atoms with Gasteiger partial charge in [-0.1, -0.05) is 29.3 Å². The lowest BCUT2D eigenvalue weighted by Gasteiger charge is -2.35. The number of methoxy groups -OCH3 is 2. The fourth-order valence-corrected chi connectivity index (χ4v) is 4.59. The highest BCUT2D eigenvalue weighted by molar-refractivity contribution is 6.36. The number of halogens is 2. The van der Waals surface area contributed by atoms with Gasteiger partial charge in [0.15, 0.2) is 17.3 Å². The highest BCUT2D eigenvalue weighted by Crippen LogP contribution is 2.51. The molecule has 140 valence electrons. The second-order valence-corrected chi connectivity index (χ2v) is 7.47. The first-order valence-corrected chi connectivity index (χ1v) is 9.53. The number of nitrogens with one attached hydrogen (secondary N) is 1. The van der Waals surface area contributed by atoms with Gasteiger partial charge >= 0.3 is 0 Å². The summed E-state index contributed by atoms with van der Waals surface area (Å²) < 4.78 is 10.9. The zero-order valence-electron chi connectivity index (χ0n) is 15.1. The molecule has 2 aliphatic rings. The van der Waals surface area contributed by atoms with Crippen molar-refractivity contribution in [3.05, 3.63) is 62.8 Å². The van der Waals surface area contributed by atoms with Crippen molar-refractivity contribution in [2.24, 2.45) is 0 Å². The summed E-state index contributed by atoms with van der Waals surface area (Å²) in [4.78, 5) is 12.9. The molecule has 0 saturated carbocycles. The SMILES string of the molecule is COc1cc2c(cc1OC)[C@@H](c1c(Cl)cccc1Cl)C1=C(CCCC1=O)N2. The Morgan fingerprint density at radius 1 is 1.04 bits per heavy atom. The topological polar surface area (TPSA) is 47.6 Å². The van der Waals surface area contributed by atoms with Crippen LogP contribution in [0.15, 0.2) is 41.6 Å². The Kier molecular flexibility index (Phi) is 4.79. The molecular formula is C21H19Cl2NO3. The van der Waals surface area contributed by atoms with Crippen LogP contribution >= 0.6 is 23.2 Å². The predicted octanol–water partition coefficient (Wildman–Crippen LogP) is 5.58. The predicted molar refractivity (Wildman–Crippen MR) is 107 cm³/mol. The molecule has 0 saturated heterocycles. The van der Waals surface area contributed by atoms with Gasteiger partial charge in [0, 0.05) is 51.0 Å². The van der Waals surface area contributed by atoms with Crippen LogP contribution in [0.5, 0.6) is 11.5 Å². The molecule has 0 fully saturated rings. The van der Waals surface area contributed by atoms with Gasteiger partial charge in [0.05, 0.1) is 14.2 Å². The van der Waals surface area contributed by atoms with E-state index in [1.165, 1.54) is 0 Å². The number of allylic oxidation sites excluding steroid dienone is 2. The van der Waals surface area contributed by atoms with E-state index < -0.39 is 0 Å². The maximum Gasteiger partial charge on any atom is 0.162 e. The van der Waals surface area contributed by atoms with Crippen molar-refractivity contribution in [3.8, 4) is 11.5 Å². The Labute approximate surface area is 168 Å². The molecule has 1 N–H and O–H groups in total. The molecule has 0 radical (unpaired) electrons. The van der Waals surface area contributed by atoms with E-state index in [-0.39, 0.29) is 11.7 Å². The lowest BCUT2D eigenvalue weighted by molar-refractivity contribution is -0.116. The van der Waals surface area contributed by atoms with Gasteiger partial charge in [-0.3, -0.25) is 4.79 Å². The van der Waals surface area contributed by atoms with E-state index in [0.717, 1.165) is 40.9 Å². The van der Waals surface area contributed by atoms with Crippen LogP contribution in [0.1, 0.15) is 36.3 Å². The number of carbonyl (C=O) groups excluding carboxylic acids is 1. The Morgan fingerprint density at radius 3 is 2.37 bits per heavy atom. The van der Waals surface area contributed by atoms with Crippen molar-refractivity contribution in [2.45, 2.75) is 25.2 Å². The standard InChI is InChI=1S/C21H19Cl2NO3/c1-26-17-9-11-15(10-18(17)27-2)24-14-7-4-8-16(25)21(14)19(11)20-12(22)5-3-6-13(20)23/h3,5-6,9-10,19,24H,4,7-8H2,1-2H3/t19-/m0/s1. The van der Waals surface area contributed by atoms with Gasteiger partial charge in [0.1, 0.15) is 0 Å². The van der Waals surface area contributed by atoms with Gasteiger partial charge in [0.2, 0.25) is 0 Å². The van der Waals surface area contributed by atoms with Gasteiger partial charge in [-0.25, -0.2) is 0 Å². The van der Waals surface area contributed by atoms with Crippen LogP contribution in [-0.2, 0) is 4.79 Å². The average Bonchev–Trinajstić information content (AvgIpc) is 2.66. The highest BCUT2D eigenvalue weighted by Gasteiger charge is 2.37. The molecule has 0 amide bonds. The first-order valence-electron chi connectivity index (χ1n) is 8.78. The number of hydrogen-bond donors (Lipinski definition) is 1. The van der Waals surface area contributed by atoms with E-state index in [1.54, 1.807) is 26.4 Å². The quantitative estimate of drug-likeness (QED) is 0.726. The van der Waals surface area contributed by atoms with Crippen LogP contribution in [-0.4, -0.2) is 20.0 Å². The van der Waals surface area contributed by atoms with E-state index in [9.17, 15) is 4.79 Å². The lowest BCUT2D eigenvalue weighted by Crippen LogP contribution is -2.27. The number of benzene rings is 2. The maximum absolute atomic E-state index is 12.9. The summed E-state index contributed by atoms with van der Waals surface area (Å²) in [5.41, 5.74) is 4.21. The minimum atomic E-state index is -0.343. The minimum Gasteiger partial charge on any atom is -0.493 e. The van der Waals surface area contributed by atoms with Gasteiger partial charge in [-0.2, -0.15) is 0 Å². The van der Waals surface area contributed by atoms with Crippen LogP contribution < -0.4 is 14.8 Å². The molecule has 2 aromatic carbocycles. The summed E-state index contributed by atoms with van der Waals surface area (Å²) in [6, 6.07) is 9.21. The third kappa shape index (κ3) is 2.97. The summed E-state index contributed by atoms with van der Waals surface area (Å²) in [5.74, 6) is 1.01. The smallest absolute Gasteiger partial charge is 0.162 e. The molecule has 0 bridgehead atoms. The van der Waals surface area contributed by atoms with E-state index in [4.69, 9.17) is 32.7 Å². The lowest BCUT2D eigenvalue weighted by atomic mass is 9.75. The number of carbonyl (C=O) groups is 1. The number of ether oxygens (including phenoxy) is 2. The summed E-state index contributed by atoms with van der Waals surface area (Å²) in [6.45, 7) is 0. The van der Waals surface area contributed by atoms with Gasteiger partial charge in [0.25, 0.3) is 0 Å².